The smallest absolute Gasteiger partial charge is 0.308 e. The monoisotopic (exact) mass is 317 g/mol. The highest BCUT2D eigenvalue weighted by atomic mass is 16.4. The number of likely N-dealkylation sites (tertiary alicyclic amines) is 1. The van der Waals surface area contributed by atoms with Crippen LogP contribution < -0.4 is 0 Å². The minimum absolute atomic E-state index is 0.115. The standard InChI is InChI=1S/C19H27NO3/c21-17(22)16-10-20(9-15(16)14-1-2-14)18(23)19-6-11-3-12(7-19)5-13(4-11)8-19/h11-16H,1-10H2,(H,21,22)/t11?,12?,13?,15-,16+,19?/m1/s1. The van der Waals surface area contributed by atoms with Crippen LogP contribution >= 0.6 is 0 Å². The van der Waals surface area contributed by atoms with Crippen molar-refractivity contribution in [1.29, 1.82) is 0 Å². The fraction of sp³-hybridized carbons (Fsp3) is 0.895. The fourth-order valence-electron chi connectivity index (χ4n) is 6.97. The first-order valence-electron chi connectivity index (χ1n) is 9.56. The second-order valence-corrected chi connectivity index (χ2v) is 9.35. The molecule has 4 nitrogen and oxygen atoms in total. The summed E-state index contributed by atoms with van der Waals surface area (Å²) in [7, 11) is 0. The van der Waals surface area contributed by atoms with Gasteiger partial charge in [-0.2, -0.15) is 0 Å². The van der Waals surface area contributed by atoms with Crippen molar-refractivity contribution in [2.75, 3.05) is 13.1 Å². The van der Waals surface area contributed by atoms with Gasteiger partial charge in [0, 0.05) is 13.1 Å². The van der Waals surface area contributed by atoms with Crippen molar-refractivity contribution in [3.63, 3.8) is 0 Å². The first kappa shape index (κ1) is 14.3. The SMILES string of the molecule is O=C(O)[C@H]1CN(C(=O)C23CC4CC(CC(C4)C2)C3)C[C@@H]1C1CC1. The van der Waals surface area contributed by atoms with Crippen LogP contribution in [-0.4, -0.2) is 35.0 Å². The van der Waals surface area contributed by atoms with Gasteiger partial charge in [0.25, 0.3) is 0 Å². The van der Waals surface area contributed by atoms with Gasteiger partial charge in [0.15, 0.2) is 0 Å². The zero-order valence-electron chi connectivity index (χ0n) is 13.7. The summed E-state index contributed by atoms with van der Waals surface area (Å²) in [5.41, 5.74) is -0.115. The third-order valence-corrected chi connectivity index (χ3v) is 7.69. The molecule has 1 heterocycles. The average Bonchev–Trinajstić information content (AvgIpc) is 3.23. The summed E-state index contributed by atoms with van der Waals surface area (Å²) < 4.78 is 0. The number of nitrogens with zero attached hydrogens (tertiary/aromatic N) is 1. The number of aliphatic carboxylic acids is 1. The summed E-state index contributed by atoms with van der Waals surface area (Å²) in [5.74, 6) is 2.39. The Morgan fingerprint density at radius 2 is 1.48 bits per heavy atom. The first-order valence-corrected chi connectivity index (χ1v) is 9.56. The maximum atomic E-state index is 13.4. The van der Waals surface area contributed by atoms with Crippen molar-refractivity contribution in [1.82, 2.24) is 4.90 Å². The van der Waals surface area contributed by atoms with Gasteiger partial charge in [-0.3, -0.25) is 9.59 Å². The highest BCUT2D eigenvalue weighted by Crippen LogP contribution is 2.61. The van der Waals surface area contributed by atoms with Gasteiger partial charge in [0.2, 0.25) is 5.91 Å². The number of carboxylic acid groups (broad SMARTS) is 1. The van der Waals surface area contributed by atoms with Gasteiger partial charge in [0.05, 0.1) is 11.3 Å². The highest BCUT2D eigenvalue weighted by Gasteiger charge is 2.57. The molecular weight excluding hydrogens is 290 g/mol. The van der Waals surface area contributed by atoms with Crippen LogP contribution in [0.3, 0.4) is 0 Å². The molecule has 4 heteroatoms. The molecule has 2 atom stereocenters. The molecule has 126 valence electrons. The second kappa shape index (κ2) is 4.73. The van der Waals surface area contributed by atoms with E-state index in [9.17, 15) is 14.7 Å². The number of amides is 1. The molecule has 0 spiro atoms. The summed E-state index contributed by atoms with van der Waals surface area (Å²) in [4.78, 5) is 27.0. The second-order valence-electron chi connectivity index (χ2n) is 9.35. The molecule has 6 rings (SSSR count). The lowest BCUT2D eigenvalue weighted by atomic mass is 9.49. The Kier molecular flexibility index (Phi) is 2.94. The minimum Gasteiger partial charge on any atom is -0.481 e. The summed E-state index contributed by atoms with van der Waals surface area (Å²) in [6, 6.07) is 0. The van der Waals surface area contributed by atoms with E-state index in [0.29, 0.717) is 24.9 Å². The van der Waals surface area contributed by atoms with Crippen molar-refractivity contribution in [3.05, 3.63) is 0 Å². The van der Waals surface area contributed by atoms with Gasteiger partial charge in [-0.25, -0.2) is 0 Å². The average molecular weight is 317 g/mol. The number of carboxylic acids is 1. The number of hydrogen-bond donors (Lipinski definition) is 1. The Labute approximate surface area is 137 Å². The van der Waals surface area contributed by atoms with E-state index >= 15 is 0 Å². The normalized spacial score (nSPS) is 48.0. The number of carbonyl (C=O) groups is 2. The van der Waals surface area contributed by atoms with E-state index < -0.39 is 5.97 Å². The summed E-state index contributed by atoms with van der Waals surface area (Å²) >= 11 is 0. The third kappa shape index (κ3) is 2.16. The molecule has 5 saturated carbocycles. The van der Waals surface area contributed by atoms with Gasteiger partial charge in [-0.1, -0.05) is 0 Å². The van der Waals surface area contributed by atoms with Crippen molar-refractivity contribution >= 4 is 11.9 Å². The maximum absolute atomic E-state index is 13.4. The molecule has 0 radical (unpaired) electrons. The molecule has 0 unspecified atom stereocenters. The zero-order valence-corrected chi connectivity index (χ0v) is 13.7. The van der Waals surface area contributed by atoms with Crippen LogP contribution in [0, 0.1) is 40.9 Å². The predicted octanol–water partition coefficient (Wildman–Crippen LogP) is 2.77. The Hall–Kier alpha value is -1.06. The highest BCUT2D eigenvalue weighted by molar-refractivity contribution is 5.85. The molecule has 0 aromatic carbocycles. The lowest BCUT2D eigenvalue weighted by Gasteiger charge is -2.56. The van der Waals surface area contributed by atoms with Crippen molar-refractivity contribution in [3.8, 4) is 0 Å². The van der Waals surface area contributed by atoms with Crippen LogP contribution in [0.5, 0.6) is 0 Å². The van der Waals surface area contributed by atoms with Crippen molar-refractivity contribution in [2.24, 2.45) is 40.9 Å². The quantitative estimate of drug-likeness (QED) is 0.871. The van der Waals surface area contributed by atoms with Gasteiger partial charge >= 0.3 is 5.97 Å². The van der Waals surface area contributed by atoms with E-state index in [2.05, 4.69) is 0 Å². The van der Waals surface area contributed by atoms with Crippen LogP contribution in [-0.2, 0) is 9.59 Å². The molecular formula is C19H27NO3. The van der Waals surface area contributed by atoms with Crippen LogP contribution in [0.4, 0.5) is 0 Å². The van der Waals surface area contributed by atoms with E-state index in [4.69, 9.17) is 0 Å². The van der Waals surface area contributed by atoms with Gasteiger partial charge < -0.3 is 10.0 Å². The molecule has 1 amide bonds. The van der Waals surface area contributed by atoms with Gasteiger partial charge in [0.1, 0.15) is 0 Å². The summed E-state index contributed by atoms with van der Waals surface area (Å²) in [6.07, 6.45) is 9.60. The molecule has 0 aromatic rings. The largest absolute Gasteiger partial charge is 0.481 e. The van der Waals surface area contributed by atoms with Crippen LogP contribution in [0.1, 0.15) is 51.4 Å². The Balaban J connectivity index is 1.37. The molecule has 6 aliphatic rings. The molecule has 5 aliphatic carbocycles. The first-order chi connectivity index (χ1) is 11.0. The van der Waals surface area contributed by atoms with E-state index in [0.717, 1.165) is 49.9 Å². The van der Waals surface area contributed by atoms with Gasteiger partial charge in [-0.15, -0.1) is 0 Å². The van der Waals surface area contributed by atoms with Crippen LogP contribution in [0.2, 0.25) is 0 Å². The summed E-state index contributed by atoms with van der Waals surface area (Å²) in [5, 5.41) is 9.56. The fourth-order valence-corrected chi connectivity index (χ4v) is 6.97. The van der Waals surface area contributed by atoms with E-state index in [1.54, 1.807) is 0 Å². The molecule has 1 N–H and O–H groups in total. The van der Waals surface area contributed by atoms with E-state index in [-0.39, 0.29) is 17.3 Å². The predicted molar refractivity (Wildman–Crippen MR) is 84.5 cm³/mol. The van der Waals surface area contributed by atoms with Gasteiger partial charge in [-0.05, 0) is 81.0 Å². The molecule has 1 aliphatic heterocycles. The van der Waals surface area contributed by atoms with E-state index in [1.807, 2.05) is 4.90 Å². The topological polar surface area (TPSA) is 57.6 Å². The van der Waals surface area contributed by atoms with E-state index in [1.165, 1.54) is 19.3 Å². The Bertz CT molecular complexity index is 518. The number of hydrogen-bond acceptors (Lipinski definition) is 2. The van der Waals surface area contributed by atoms with Crippen molar-refractivity contribution in [2.45, 2.75) is 51.4 Å². The summed E-state index contributed by atoms with van der Waals surface area (Å²) in [6.45, 7) is 1.18. The number of rotatable bonds is 3. The molecule has 23 heavy (non-hydrogen) atoms. The minimum atomic E-state index is -0.692. The molecule has 4 bridgehead atoms. The molecule has 6 fully saturated rings. The zero-order chi connectivity index (χ0) is 15.8. The lowest BCUT2D eigenvalue weighted by molar-refractivity contribution is -0.157. The number of carbonyl (C=O) groups excluding carboxylic acids is 1. The van der Waals surface area contributed by atoms with Crippen LogP contribution in [0.25, 0.3) is 0 Å². The maximum Gasteiger partial charge on any atom is 0.308 e. The Morgan fingerprint density at radius 1 is 0.913 bits per heavy atom. The van der Waals surface area contributed by atoms with Crippen LogP contribution in [0.15, 0.2) is 0 Å². The molecule has 1 saturated heterocycles. The third-order valence-electron chi connectivity index (χ3n) is 7.69. The molecule has 0 aromatic heterocycles. The lowest BCUT2D eigenvalue weighted by Crippen LogP contribution is -2.54. The van der Waals surface area contributed by atoms with Crippen molar-refractivity contribution < 1.29 is 14.7 Å². The Morgan fingerprint density at radius 3 is 1.96 bits per heavy atom.